The Kier molecular flexibility index (Phi) is 5.77. The molecule has 0 aliphatic rings. The van der Waals surface area contributed by atoms with Crippen molar-refractivity contribution in [1.82, 2.24) is 10.3 Å². The molecule has 1 aromatic heterocycles. The molecule has 0 aliphatic heterocycles. The maximum absolute atomic E-state index is 12.0. The van der Waals surface area contributed by atoms with Gasteiger partial charge in [-0.1, -0.05) is 19.1 Å². The number of benzene rings is 1. The van der Waals surface area contributed by atoms with E-state index in [1.807, 2.05) is 38.1 Å². The van der Waals surface area contributed by atoms with Crippen LogP contribution in [0.25, 0.3) is 0 Å². The number of nitrogens with one attached hydrogen (secondary N) is 2. The van der Waals surface area contributed by atoms with Crippen molar-refractivity contribution >= 4 is 17.3 Å². The number of carbonyl (C=O) groups excluding carboxylic acids is 1. The van der Waals surface area contributed by atoms with Gasteiger partial charge in [-0.05, 0) is 31.5 Å². The maximum atomic E-state index is 12.0. The van der Waals surface area contributed by atoms with Crippen molar-refractivity contribution < 1.29 is 9.53 Å². The number of amides is 1. The Hall–Kier alpha value is -2.56. The van der Waals surface area contributed by atoms with Crippen molar-refractivity contribution in [2.75, 3.05) is 18.5 Å². The average molecular weight is 299 g/mol. The lowest BCUT2D eigenvalue weighted by molar-refractivity contribution is 0.0953. The molecular weight excluding hydrogens is 278 g/mol. The second-order valence-corrected chi connectivity index (χ2v) is 4.77. The number of hydrogen-bond donors (Lipinski definition) is 2. The Balaban J connectivity index is 2.15. The van der Waals surface area contributed by atoms with Gasteiger partial charge in [-0.2, -0.15) is 0 Å². The number of carbonyl (C=O) groups is 1. The molecule has 0 atom stereocenters. The molecule has 1 amide bonds. The quantitative estimate of drug-likeness (QED) is 0.823. The average Bonchev–Trinajstić information content (AvgIpc) is 2.55. The third kappa shape index (κ3) is 4.22. The van der Waals surface area contributed by atoms with Crippen LogP contribution in [0.5, 0.6) is 5.75 Å². The highest BCUT2D eigenvalue weighted by molar-refractivity contribution is 5.94. The first-order valence-electron chi connectivity index (χ1n) is 7.46. The van der Waals surface area contributed by atoms with Crippen molar-refractivity contribution in [3.8, 4) is 5.75 Å². The van der Waals surface area contributed by atoms with Crippen molar-refractivity contribution in [3.63, 3.8) is 0 Å². The van der Waals surface area contributed by atoms with E-state index in [9.17, 15) is 4.79 Å². The lowest BCUT2D eigenvalue weighted by Gasteiger charge is -2.12. The maximum Gasteiger partial charge on any atom is 0.252 e. The first-order valence-corrected chi connectivity index (χ1v) is 7.46. The van der Waals surface area contributed by atoms with E-state index in [1.54, 1.807) is 18.5 Å². The number of aromatic nitrogens is 1. The first-order chi connectivity index (χ1) is 10.7. The van der Waals surface area contributed by atoms with Crippen LogP contribution in [0.2, 0.25) is 0 Å². The smallest absolute Gasteiger partial charge is 0.252 e. The molecule has 2 rings (SSSR count). The monoisotopic (exact) mass is 299 g/mol. The predicted octanol–water partition coefficient (Wildman–Crippen LogP) is 3.36. The van der Waals surface area contributed by atoms with Crippen LogP contribution in [0.3, 0.4) is 0 Å². The van der Waals surface area contributed by atoms with Gasteiger partial charge in [-0.3, -0.25) is 9.78 Å². The lowest BCUT2D eigenvalue weighted by atomic mass is 10.2. The zero-order valence-electron chi connectivity index (χ0n) is 12.9. The summed E-state index contributed by atoms with van der Waals surface area (Å²) >= 11 is 0. The molecule has 5 nitrogen and oxygen atoms in total. The first kappa shape index (κ1) is 15.8. The Morgan fingerprint density at radius 3 is 2.82 bits per heavy atom. The van der Waals surface area contributed by atoms with E-state index >= 15 is 0 Å². The lowest BCUT2D eigenvalue weighted by Crippen LogP contribution is -2.24. The zero-order chi connectivity index (χ0) is 15.8. The number of hydrogen-bond acceptors (Lipinski definition) is 4. The summed E-state index contributed by atoms with van der Waals surface area (Å²) in [5.74, 6) is 0.655. The van der Waals surface area contributed by atoms with Gasteiger partial charge in [0.05, 0.1) is 29.7 Å². The molecule has 116 valence electrons. The molecule has 0 spiro atoms. The van der Waals surface area contributed by atoms with Crippen LogP contribution >= 0.6 is 0 Å². The summed E-state index contributed by atoms with van der Waals surface area (Å²) in [6, 6.07) is 9.45. The number of nitrogens with zero attached hydrogens (tertiary/aromatic N) is 1. The molecule has 22 heavy (non-hydrogen) atoms. The molecule has 1 aromatic carbocycles. The number of rotatable bonds is 7. The minimum absolute atomic E-state index is 0.115. The molecular formula is C17H21N3O2. The molecule has 0 aliphatic carbocycles. The van der Waals surface area contributed by atoms with E-state index in [-0.39, 0.29) is 5.91 Å². The molecule has 0 radical (unpaired) electrons. The summed E-state index contributed by atoms with van der Waals surface area (Å²) in [5, 5.41) is 6.08. The third-order valence-corrected chi connectivity index (χ3v) is 3.00. The van der Waals surface area contributed by atoms with Crippen LogP contribution in [0.1, 0.15) is 30.6 Å². The molecule has 0 saturated heterocycles. The number of pyridine rings is 1. The molecule has 0 saturated carbocycles. The summed E-state index contributed by atoms with van der Waals surface area (Å²) in [5.41, 5.74) is 2.13. The highest BCUT2D eigenvalue weighted by atomic mass is 16.5. The summed E-state index contributed by atoms with van der Waals surface area (Å²) < 4.78 is 5.58. The van der Waals surface area contributed by atoms with Crippen molar-refractivity contribution in [2.24, 2.45) is 0 Å². The molecule has 1 heterocycles. The van der Waals surface area contributed by atoms with Crippen LogP contribution in [-0.4, -0.2) is 24.0 Å². The molecule has 0 bridgehead atoms. The molecule has 5 heteroatoms. The standard InChI is InChI=1S/C17H21N3O2/c1-3-9-19-17(21)13-10-14(12-18-11-13)20-15-7-5-6-8-16(15)22-4-2/h5-8,10-12,20H,3-4,9H2,1-2H3,(H,19,21). The number of ether oxygens (including phenoxy) is 1. The van der Waals surface area contributed by atoms with Gasteiger partial charge in [0.2, 0.25) is 0 Å². The van der Waals surface area contributed by atoms with E-state index in [0.29, 0.717) is 18.7 Å². The Labute approximate surface area is 130 Å². The van der Waals surface area contributed by atoms with Gasteiger partial charge in [-0.25, -0.2) is 0 Å². The van der Waals surface area contributed by atoms with Gasteiger partial charge in [0.1, 0.15) is 5.75 Å². The van der Waals surface area contributed by atoms with Crippen molar-refractivity contribution in [1.29, 1.82) is 0 Å². The van der Waals surface area contributed by atoms with Crippen LogP contribution in [-0.2, 0) is 0 Å². The van der Waals surface area contributed by atoms with E-state index < -0.39 is 0 Å². The number of anilines is 2. The Morgan fingerprint density at radius 1 is 1.23 bits per heavy atom. The van der Waals surface area contributed by atoms with Gasteiger partial charge >= 0.3 is 0 Å². The number of para-hydroxylation sites is 2. The van der Waals surface area contributed by atoms with Gasteiger partial charge in [0.25, 0.3) is 5.91 Å². The third-order valence-electron chi connectivity index (χ3n) is 3.00. The normalized spacial score (nSPS) is 10.1. The Morgan fingerprint density at radius 2 is 2.05 bits per heavy atom. The van der Waals surface area contributed by atoms with Gasteiger partial charge in [0.15, 0.2) is 0 Å². The zero-order valence-corrected chi connectivity index (χ0v) is 12.9. The van der Waals surface area contributed by atoms with Crippen LogP contribution in [0.4, 0.5) is 11.4 Å². The minimum Gasteiger partial charge on any atom is -0.492 e. The van der Waals surface area contributed by atoms with E-state index in [2.05, 4.69) is 15.6 Å². The minimum atomic E-state index is -0.115. The summed E-state index contributed by atoms with van der Waals surface area (Å²) in [6.07, 6.45) is 4.14. The largest absolute Gasteiger partial charge is 0.492 e. The molecule has 2 N–H and O–H groups in total. The van der Waals surface area contributed by atoms with Gasteiger partial charge in [0, 0.05) is 12.7 Å². The topological polar surface area (TPSA) is 63.2 Å². The van der Waals surface area contributed by atoms with E-state index in [0.717, 1.165) is 23.5 Å². The molecule has 0 unspecified atom stereocenters. The van der Waals surface area contributed by atoms with Crippen molar-refractivity contribution in [3.05, 3.63) is 48.3 Å². The second-order valence-electron chi connectivity index (χ2n) is 4.77. The van der Waals surface area contributed by atoms with Gasteiger partial charge in [-0.15, -0.1) is 0 Å². The fourth-order valence-electron chi connectivity index (χ4n) is 1.98. The summed E-state index contributed by atoms with van der Waals surface area (Å²) in [7, 11) is 0. The molecule has 2 aromatic rings. The highest BCUT2D eigenvalue weighted by Gasteiger charge is 2.08. The van der Waals surface area contributed by atoms with E-state index in [1.165, 1.54) is 0 Å². The van der Waals surface area contributed by atoms with Gasteiger partial charge < -0.3 is 15.4 Å². The van der Waals surface area contributed by atoms with Crippen LogP contribution < -0.4 is 15.4 Å². The van der Waals surface area contributed by atoms with Crippen LogP contribution in [0, 0.1) is 0 Å². The van der Waals surface area contributed by atoms with Crippen LogP contribution in [0.15, 0.2) is 42.7 Å². The highest BCUT2D eigenvalue weighted by Crippen LogP contribution is 2.27. The fourth-order valence-corrected chi connectivity index (χ4v) is 1.98. The van der Waals surface area contributed by atoms with Crippen molar-refractivity contribution in [2.45, 2.75) is 20.3 Å². The predicted molar refractivity (Wildman–Crippen MR) is 87.8 cm³/mol. The summed E-state index contributed by atoms with van der Waals surface area (Å²) in [4.78, 5) is 16.1. The fraction of sp³-hybridized carbons (Fsp3) is 0.294. The SMILES string of the molecule is CCCNC(=O)c1cncc(Nc2ccccc2OCC)c1. The second kappa shape index (κ2) is 8.02. The van der Waals surface area contributed by atoms with E-state index in [4.69, 9.17) is 4.74 Å². The summed E-state index contributed by atoms with van der Waals surface area (Å²) in [6.45, 7) is 5.21. The molecule has 0 fully saturated rings. The Bertz CT molecular complexity index is 629.